The molecule has 0 bridgehead atoms. The van der Waals surface area contributed by atoms with E-state index in [9.17, 15) is 4.79 Å². The van der Waals surface area contributed by atoms with Gasteiger partial charge in [-0.3, -0.25) is 4.79 Å². The van der Waals surface area contributed by atoms with Gasteiger partial charge in [-0.1, -0.05) is 32.1 Å². The number of hydrogen-bond acceptors (Lipinski definition) is 3. The molecule has 0 aromatic heterocycles. The van der Waals surface area contributed by atoms with Gasteiger partial charge in [0.2, 0.25) is 5.91 Å². The summed E-state index contributed by atoms with van der Waals surface area (Å²) >= 11 is 0. The van der Waals surface area contributed by atoms with Crippen LogP contribution in [0.3, 0.4) is 0 Å². The van der Waals surface area contributed by atoms with E-state index in [1.165, 1.54) is 44.9 Å². The maximum atomic E-state index is 11.7. The highest BCUT2D eigenvalue weighted by Crippen LogP contribution is 2.21. The van der Waals surface area contributed by atoms with Crippen LogP contribution in [0.1, 0.15) is 51.4 Å². The number of amides is 1. The van der Waals surface area contributed by atoms with Gasteiger partial charge in [0.15, 0.2) is 0 Å². The van der Waals surface area contributed by atoms with Crippen molar-refractivity contribution in [3.8, 4) is 0 Å². The van der Waals surface area contributed by atoms with Crippen LogP contribution in [0.4, 0.5) is 0 Å². The predicted molar refractivity (Wildman–Crippen MR) is 80.5 cm³/mol. The molecular formula is C14H29ClN2O2. The molecule has 19 heavy (non-hydrogen) atoms. The van der Waals surface area contributed by atoms with Crippen LogP contribution in [0, 0.1) is 5.92 Å². The second-order valence-corrected chi connectivity index (χ2v) is 5.31. The fourth-order valence-electron chi connectivity index (χ4n) is 2.54. The summed E-state index contributed by atoms with van der Waals surface area (Å²) < 4.78 is 5.11. The lowest BCUT2D eigenvalue weighted by molar-refractivity contribution is -0.123. The summed E-state index contributed by atoms with van der Waals surface area (Å²) in [5, 5.41) is 3.03. The summed E-state index contributed by atoms with van der Waals surface area (Å²) in [6.45, 7) is 1.22. The average Bonchev–Trinajstić information content (AvgIpc) is 2.34. The van der Waals surface area contributed by atoms with E-state index in [4.69, 9.17) is 10.5 Å². The Kier molecular flexibility index (Phi) is 11.3. The molecule has 0 aromatic carbocycles. The van der Waals surface area contributed by atoms with Gasteiger partial charge in [0, 0.05) is 20.2 Å². The Morgan fingerprint density at radius 2 is 1.84 bits per heavy atom. The molecule has 0 aliphatic heterocycles. The first kappa shape index (κ1) is 18.7. The molecular weight excluding hydrogens is 264 g/mol. The molecule has 0 saturated heterocycles. The quantitative estimate of drug-likeness (QED) is 0.789. The molecule has 0 spiro atoms. The predicted octanol–water partition coefficient (Wildman–Crippen LogP) is 2.25. The molecule has 1 rings (SSSR count). The zero-order chi connectivity index (χ0) is 13.2. The lowest BCUT2D eigenvalue weighted by Crippen LogP contribution is -2.34. The molecule has 3 N–H and O–H groups in total. The minimum atomic E-state index is -0.151. The van der Waals surface area contributed by atoms with Crippen molar-refractivity contribution in [3.05, 3.63) is 0 Å². The molecule has 1 atom stereocenters. The van der Waals surface area contributed by atoms with E-state index >= 15 is 0 Å². The lowest BCUT2D eigenvalue weighted by atomic mass is 9.91. The Labute approximate surface area is 123 Å². The second-order valence-electron chi connectivity index (χ2n) is 5.31. The van der Waals surface area contributed by atoms with Crippen molar-refractivity contribution >= 4 is 18.3 Å². The van der Waals surface area contributed by atoms with Crippen LogP contribution in [-0.2, 0) is 9.53 Å². The number of ether oxygens (including phenoxy) is 1. The third kappa shape index (κ3) is 8.45. The van der Waals surface area contributed by atoms with Gasteiger partial charge < -0.3 is 15.8 Å². The van der Waals surface area contributed by atoms with Gasteiger partial charge in [-0.05, 0) is 18.8 Å². The number of halogens is 1. The third-order valence-corrected chi connectivity index (χ3v) is 3.82. The Bertz CT molecular complexity index is 227. The second kappa shape index (κ2) is 11.5. The number of nitrogens with one attached hydrogen (secondary N) is 1. The molecule has 1 fully saturated rings. The van der Waals surface area contributed by atoms with Crippen molar-refractivity contribution in [3.63, 3.8) is 0 Å². The SMILES string of the molecule is COC(CN)CC(=O)NCC1CCCCCCC1.Cl. The van der Waals surface area contributed by atoms with Crippen molar-refractivity contribution in [2.24, 2.45) is 11.7 Å². The van der Waals surface area contributed by atoms with Gasteiger partial charge >= 0.3 is 0 Å². The van der Waals surface area contributed by atoms with Crippen LogP contribution in [0.25, 0.3) is 0 Å². The molecule has 0 radical (unpaired) electrons. The zero-order valence-corrected chi connectivity index (χ0v) is 12.8. The number of hydrogen-bond donors (Lipinski definition) is 2. The highest BCUT2D eigenvalue weighted by Gasteiger charge is 2.15. The van der Waals surface area contributed by atoms with Crippen molar-refractivity contribution in [1.82, 2.24) is 5.32 Å². The third-order valence-electron chi connectivity index (χ3n) is 3.82. The minimum Gasteiger partial charge on any atom is -0.380 e. The maximum absolute atomic E-state index is 11.7. The first-order chi connectivity index (χ1) is 8.76. The molecule has 0 aromatic rings. The van der Waals surface area contributed by atoms with E-state index in [1.807, 2.05) is 0 Å². The molecule has 114 valence electrons. The minimum absolute atomic E-state index is 0. The summed E-state index contributed by atoms with van der Waals surface area (Å²) in [6, 6.07) is 0. The molecule has 0 heterocycles. The first-order valence-electron chi connectivity index (χ1n) is 7.25. The number of carbonyl (C=O) groups excluding carboxylic acids is 1. The van der Waals surface area contributed by atoms with Crippen LogP contribution in [-0.4, -0.2) is 32.2 Å². The van der Waals surface area contributed by atoms with Gasteiger partial charge in [-0.15, -0.1) is 12.4 Å². The fourth-order valence-corrected chi connectivity index (χ4v) is 2.54. The summed E-state index contributed by atoms with van der Waals surface area (Å²) in [5.41, 5.74) is 5.50. The van der Waals surface area contributed by atoms with Gasteiger partial charge in [0.1, 0.15) is 0 Å². The fraction of sp³-hybridized carbons (Fsp3) is 0.929. The molecule has 1 aliphatic rings. The molecule has 5 heteroatoms. The van der Waals surface area contributed by atoms with Crippen LogP contribution in [0.2, 0.25) is 0 Å². The number of rotatable bonds is 6. The molecule has 1 amide bonds. The van der Waals surface area contributed by atoms with Gasteiger partial charge in [0.05, 0.1) is 12.5 Å². The Hall–Kier alpha value is -0.320. The van der Waals surface area contributed by atoms with E-state index in [0.29, 0.717) is 18.9 Å². The van der Waals surface area contributed by atoms with Crippen LogP contribution < -0.4 is 11.1 Å². The van der Waals surface area contributed by atoms with Gasteiger partial charge in [-0.2, -0.15) is 0 Å². The normalized spacial score (nSPS) is 18.8. The zero-order valence-electron chi connectivity index (χ0n) is 12.0. The average molecular weight is 293 g/mol. The highest BCUT2D eigenvalue weighted by atomic mass is 35.5. The lowest BCUT2D eigenvalue weighted by Gasteiger charge is -2.20. The molecule has 1 saturated carbocycles. The summed E-state index contributed by atoms with van der Waals surface area (Å²) in [7, 11) is 1.60. The van der Waals surface area contributed by atoms with Gasteiger partial charge in [-0.25, -0.2) is 0 Å². The molecule has 4 nitrogen and oxygen atoms in total. The Morgan fingerprint density at radius 3 is 2.37 bits per heavy atom. The van der Waals surface area contributed by atoms with Crippen molar-refractivity contribution < 1.29 is 9.53 Å². The Balaban J connectivity index is 0.00000324. The number of nitrogens with two attached hydrogens (primary N) is 1. The largest absolute Gasteiger partial charge is 0.380 e. The van der Waals surface area contributed by atoms with Crippen molar-refractivity contribution in [1.29, 1.82) is 0 Å². The topological polar surface area (TPSA) is 64.3 Å². The van der Waals surface area contributed by atoms with Crippen LogP contribution in [0.5, 0.6) is 0 Å². The summed E-state index contributed by atoms with van der Waals surface area (Å²) in [5.74, 6) is 0.725. The van der Waals surface area contributed by atoms with E-state index in [-0.39, 0.29) is 24.4 Å². The van der Waals surface area contributed by atoms with E-state index in [2.05, 4.69) is 5.32 Å². The van der Waals surface area contributed by atoms with E-state index < -0.39 is 0 Å². The van der Waals surface area contributed by atoms with Crippen LogP contribution in [0.15, 0.2) is 0 Å². The maximum Gasteiger partial charge on any atom is 0.222 e. The molecule has 1 aliphatic carbocycles. The van der Waals surface area contributed by atoms with E-state index in [1.54, 1.807) is 7.11 Å². The Morgan fingerprint density at radius 1 is 1.26 bits per heavy atom. The van der Waals surface area contributed by atoms with Crippen molar-refractivity contribution in [2.75, 3.05) is 20.2 Å². The summed E-state index contributed by atoms with van der Waals surface area (Å²) in [6.07, 6.45) is 9.43. The number of methoxy groups -OCH3 is 1. The van der Waals surface area contributed by atoms with E-state index in [0.717, 1.165) is 6.54 Å². The smallest absolute Gasteiger partial charge is 0.222 e. The summed E-state index contributed by atoms with van der Waals surface area (Å²) in [4.78, 5) is 11.7. The van der Waals surface area contributed by atoms with Gasteiger partial charge in [0.25, 0.3) is 0 Å². The first-order valence-corrected chi connectivity index (χ1v) is 7.25. The van der Waals surface area contributed by atoms with Crippen molar-refractivity contribution in [2.45, 2.75) is 57.5 Å². The standard InChI is InChI=1S/C14H28N2O2.ClH/c1-18-13(10-15)9-14(17)16-11-12-7-5-3-2-4-6-8-12;/h12-13H,2-11,15H2,1H3,(H,16,17);1H. The highest BCUT2D eigenvalue weighted by molar-refractivity contribution is 5.85. The number of carbonyl (C=O) groups is 1. The monoisotopic (exact) mass is 292 g/mol. The van der Waals surface area contributed by atoms with Crippen LogP contribution >= 0.6 is 12.4 Å². The molecule has 1 unspecified atom stereocenters.